The second-order valence-corrected chi connectivity index (χ2v) is 5.75. The third-order valence-electron chi connectivity index (χ3n) is 3.68. The Labute approximate surface area is 131 Å². The fourth-order valence-corrected chi connectivity index (χ4v) is 2.45. The number of nitrogens with one attached hydrogen (secondary N) is 1. The number of hydrogen-bond donors (Lipinski definition) is 2. The van der Waals surface area contributed by atoms with Crippen molar-refractivity contribution in [1.82, 2.24) is 15.1 Å². The third-order valence-corrected chi connectivity index (χ3v) is 3.68. The Bertz CT molecular complexity index is 632. The summed E-state index contributed by atoms with van der Waals surface area (Å²) in [5.41, 5.74) is 9.96. The highest BCUT2D eigenvalue weighted by molar-refractivity contribution is 5.76. The summed E-state index contributed by atoms with van der Waals surface area (Å²) in [5.74, 6) is -0.0235. The predicted octanol–water partition coefficient (Wildman–Crippen LogP) is 1.90. The molecule has 3 N–H and O–H groups in total. The van der Waals surface area contributed by atoms with Crippen molar-refractivity contribution >= 4 is 5.91 Å². The largest absolute Gasteiger partial charge is 0.352 e. The van der Waals surface area contributed by atoms with Gasteiger partial charge in [-0.15, -0.1) is 0 Å². The smallest absolute Gasteiger partial charge is 0.221 e. The van der Waals surface area contributed by atoms with E-state index in [2.05, 4.69) is 22.5 Å². The molecule has 2 rings (SSSR count). The number of nitrogens with zero attached hydrogens (tertiary/aromatic N) is 2. The molecule has 0 aliphatic carbocycles. The first-order valence-electron chi connectivity index (χ1n) is 7.56. The van der Waals surface area contributed by atoms with E-state index < -0.39 is 0 Å². The van der Waals surface area contributed by atoms with E-state index in [9.17, 15) is 4.79 Å². The number of carbonyl (C=O) groups is 1. The molecule has 0 saturated heterocycles. The lowest BCUT2D eigenvalue weighted by atomic mass is 10.1. The van der Waals surface area contributed by atoms with Crippen LogP contribution in [0.2, 0.25) is 0 Å². The van der Waals surface area contributed by atoms with E-state index in [0.29, 0.717) is 13.0 Å². The van der Waals surface area contributed by atoms with Gasteiger partial charge in [-0.05, 0) is 26.3 Å². The van der Waals surface area contributed by atoms with Crippen LogP contribution in [0.1, 0.15) is 35.9 Å². The van der Waals surface area contributed by atoms with Crippen LogP contribution in [0.4, 0.5) is 0 Å². The molecule has 5 nitrogen and oxygen atoms in total. The molecule has 0 spiro atoms. The Balaban J connectivity index is 2.05. The number of hydrogen-bond acceptors (Lipinski definition) is 3. The first-order valence-corrected chi connectivity index (χ1v) is 7.56. The molecule has 5 heteroatoms. The van der Waals surface area contributed by atoms with Crippen LogP contribution in [-0.2, 0) is 17.9 Å². The van der Waals surface area contributed by atoms with Crippen LogP contribution in [0, 0.1) is 13.8 Å². The number of carbonyl (C=O) groups excluding carboxylic acids is 1. The van der Waals surface area contributed by atoms with Gasteiger partial charge in [0.15, 0.2) is 0 Å². The zero-order valence-corrected chi connectivity index (χ0v) is 13.5. The third kappa shape index (κ3) is 4.18. The predicted molar refractivity (Wildman–Crippen MR) is 87.4 cm³/mol. The Morgan fingerprint density at radius 3 is 2.64 bits per heavy atom. The van der Waals surface area contributed by atoms with Crippen LogP contribution in [0.25, 0.3) is 0 Å². The van der Waals surface area contributed by atoms with Crippen molar-refractivity contribution in [1.29, 1.82) is 0 Å². The van der Waals surface area contributed by atoms with Gasteiger partial charge in [0, 0.05) is 30.3 Å². The number of benzene rings is 1. The molecule has 0 radical (unpaired) electrons. The summed E-state index contributed by atoms with van der Waals surface area (Å²) in [4.78, 5) is 11.7. The maximum Gasteiger partial charge on any atom is 0.221 e. The molecule has 0 aliphatic rings. The van der Waals surface area contributed by atoms with Gasteiger partial charge in [0.05, 0.1) is 12.2 Å². The molecule has 22 heavy (non-hydrogen) atoms. The highest BCUT2D eigenvalue weighted by Gasteiger charge is 2.13. The number of aromatic nitrogens is 2. The van der Waals surface area contributed by atoms with Gasteiger partial charge in [0.1, 0.15) is 0 Å². The van der Waals surface area contributed by atoms with E-state index in [1.807, 2.05) is 43.7 Å². The lowest BCUT2D eigenvalue weighted by Crippen LogP contribution is -2.29. The van der Waals surface area contributed by atoms with Crippen LogP contribution in [0.5, 0.6) is 0 Å². The molecular formula is C17H24N4O. The van der Waals surface area contributed by atoms with Crippen molar-refractivity contribution in [2.24, 2.45) is 5.73 Å². The summed E-state index contributed by atoms with van der Waals surface area (Å²) >= 11 is 0. The number of rotatable bonds is 6. The summed E-state index contributed by atoms with van der Waals surface area (Å²) < 4.78 is 1.98. The molecule has 0 saturated carbocycles. The fourth-order valence-electron chi connectivity index (χ4n) is 2.45. The van der Waals surface area contributed by atoms with Gasteiger partial charge in [-0.2, -0.15) is 5.10 Å². The number of nitrogens with two attached hydrogens (primary N) is 1. The lowest BCUT2D eigenvalue weighted by molar-refractivity contribution is -0.121. The Kier molecular flexibility index (Phi) is 5.33. The maximum absolute atomic E-state index is 11.7. The van der Waals surface area contributed by atoms with Crippen LogP contribution >= 0.6 is 0 Å². The van der Waals surface area contributed by atoms with E-state index in [1.54, 1.807) is 0 Å². The molecule has 2 aromatic rings. The van der Waals surface area contributed by atoms with Crippen molar-refractivity contribution in [3.8, 4) is 0 Å². The van der Waals surface area contributed by atoms with Gasteiger partial charge in [0.2, 0.25) is 5.91 Å². The van der Waals surface area contributed by atoms with Crippen molar-refractivity contribution in [2.75, 3.05) is 0 Å². The second-order valence-electron chi connectivity index (χ2n) is 5.75. The number of amides is 1. The van der Waals surface area contributed by atoms with E-state index in [4.69, 9.17) is 5.73 Å². The molecule has 1 aromatic carbocycles. The molecule has 0 aliphatic heterocycles. The van der Waals surface area contributed by atoms with Gasteiger partial charge in [0.25, 0.3) is 0 Å². The Hall–Kier alpha value is -2.14. The van der Waals surface area contributed by atoms with E-state index in [-0.39, 0.29) is 11.9 Å². The van der Waals surface area contributed by atoms with Crippen LogP contribution < -0.4 is 11.1 Å². The van der Waals surface area contributed by atoms with Crippen molar-refractivity contribution in [3.63, 3.8) is 0 Å². The summed E-state index contributed by atoms with van der Waals surface area (Å²) in [6, 6.07) is 10.1. The van der Waals surface area contributed by atoms with Gasteiger partial charge < -0.3 is 11.1 Å². The van der Waals surface area contributed by atoms with Crippen LogP contribution in [0.3, 0.4) is 0 Å². The second kappa shape index (κ2) is 7.22. The summed E-state index contributed by atoms with van der Waals surface area (Å²) in [6.45, 7) is 7.07. The fraction of sp³-hybridized carbons (Fsp3) is 0.412. The SMILES string of the molecule is Cc1nn(Cc2ccccc2)c(C)c1CNC(=O)CC(C)N. The Morgan fingerprint density at radius 2 is 2.00 bits per heavy atom. The Morgan fingerprint density at radius 1 is 1.32 bits per heavy atom. The lowest BCUT2D eigenvalue weighted by Gasteiger charge is -2.08. The quantitative estimate of drug-likeness (QED) is 0.856. The van der Waals surface area contributed by atoms with Crippen molar-refractivity contribution in [2.45, 2.75) is 46.3 Å². The summed E-state index contributed by atoms with van der Waals surface area (Å²) in [6.07, 6.45) is 0.343. The van der Waals surface area contributed by atoms with Crippen molar-refractivity contribution in [3.05, 3.63) is 52.8 Å². The normalized spacial score (nSPS) is 12.2. The molecule has 0 bridgehead atoms. The maximum atomic E-state index is 11.7. The van der Waals surface area contributed by atoms with Crippen molar-refractivity contribution < 1.29 is 4.79 Å². The molecule has 1 heterocycles. The minimum absolute atomic E-state index is 0.0235. The van der Waals surface area contributed by atoms with Gasteiger partial charge in [-0.25, -0.2) is 0 Å². The van der Waals surface area contributed by atoms with E-state index in [1.165, 1.54) is 5.56 Å². The molecule has 1 atom stereocenters. The first kappa shape index (κ1) is 16.2. The van der Waals surface area contributed by atoms with Crippen LogP contribution in [-0.4, -0.2) is 21.7 Å². The minimum Gasteiger partial charge on any atom is -0.352 e. The zero-order chi connectivity index (χ0) is 16.1. The monoisotopic (exact) mass is 300 g/mol. The summed E-state index contributed by atoms with van der Waals surface area (Å²) in [7, 11) is 0. The highest BCUT2D eigenvalue weighted by atomic mass is 16.1. The average molecular weight is 300 g/mol. The van der Waals surface area contributed by atoms with E-state index >= 15 is 0 Å². The topological polar surface area (TPSA) is 72.9 Å². The molecule has 1 aromatic heterocycles. The van der Waals surface area contributed by atoms with Gasteiger partial charge in [-0.3, -0.25) is 9.48 Å². The average Bonchev–Trinajstić information content (AvgIpc) is 2.72. The molecule has 118 valence electrons. The minimum atomic E-state index is -0.122. The molecule has 1 amide bonds. The first-order chi connectivity index (χ1) is 10.5. The van der Waals surface area contributed by atoms with Gasteiger partial charge in [-0.1, -0.05) is 30.3 Å². The van der Waals surface area contributed by atoms with E-state index in [0.717, 1.165) is 23.5 Å². The number of aryl methyl sites for hydroxylation is 1. The zero-order valence-electron chi connectivity index (χ0n) is 13.5. The standard InChI is InChI=1S/C17H24N4O/c1-12(18)9-17(22)19-10-16-13(2)20-21(14(16)3)11-15-7-5-4-6-8-15/h4-8,12H,9-11,18H2,1-3H3,(H,19,22). The molecule has 1 unspecified atom stereocenters. The molecule has 0 fully saturated rings. The van der Waals surface area contributed by atoms with Gasteiger partial charge >= 0.3 is 0 Å². The highest BCUT2D eigenvalue weighted by Crippen LogP contribution is 2.14. The molecular weight excluding hydrogens is 276 g/mol. The van der Waals surface area contributed by atoms with Crippen LogP contribution in [0.15, 0.2) is 30.3 Å². The summed E-state index contributed by atoms with van der Waals surface area (Å²) in [5, 5.41) is 7.50.